The molecule has 0 aliphatic rings. The van der Waals surface area contributed by atoms with Crippen LogP contribution in [0, 0.1) is 10.1 Å². The topological polar surface area (TPSA) is 111 Å². The first-order valence-electron chi connectivity index (χ1n) is 6.88. The summed E-state index contributed by atoms with van der Waals surface area (Å²) in [7, 11) is 1.26. The van der Waals surface area contributed by atoms with Crippen LogP contribution in [0.3, 0.4) is 0 Å². The molecule has 1 aromatic heterocycles. The highest BCUT2D eigenvalue weighted by Gasteiger charge is 2.19. The fraction of sp³-hybridized carbons (Fsp3) is 0.0625. The van der Waals surface area contributed by atoms with E-state index in [0.29, 0.717) is 16.8 Å². The van der Waals surface area contributed by atoms with Gasteiger partial charge in [0, 0.05) is 30.2 Å². The lowest BCUT2D eigenvalue weighted by molar-refractivity contribution is -0.385. The van der Waals surface area contributed by atoms with E-state index in [-0.39, 0.29) is 17.2 Å². The molecule has 0 unspecified atom stereocenters. The Morgan fingerprint density at radius 3 is 2.67 bits per heavy atom. The molecule has 8 heteroatoms. The lowest BCUT2D eigenvalue weighted by atomic mass is 10.2. The van der Waals surface area contributed by atoms with Crippen LogP contribution in [-0.2, 0) is 0 Å². The largest absolute Gasteiger partial charge is 0.504 e. The number of hydrogen-bond acceptors (Lipinski definition) is 7. The molecule has 1 heterocycles. The van der Waals surface area contributed by atoms with Crippen molar-refractivity contribution in [2.75, 3.05) is 7.11 Å². The van der Waals surface area contributed by atoms with E-state index in [2.05, 4.69) is 15.0 Å². The van der Waals surface area contributed by atoms with Crippen molar-refractivity contribution in [1.29, 1.82) is 0 Å². The number of methoxy groups -OCH3 is 1. The number of phenols is 1. The van der Waals surface area contributed by atoms with Gasteiger partial charge in [0.1, 0.15) is 0 Å². The number of nitro benzene ring substituents is 1. The number of ether oxygens (including phenoxy) is 1. The molecule has 0 amide bonds. The molecule has 2 aromatic carbocycles. The van der Waals surface area contributed by atoms with E-state index in [1.807, 2.05) is 0 Å². The summed E-state index contributed by atoms with van der Waals surface area (Å²) in [4.78, 5) is 23.0. The lowest BCUT2D eigenvalue weighted by Gasteiger charge is -2.05. The third-order valence-electron chi connectivity index (χ3n) is 3.29. The smallest absolute Gasteiger partial charge is 0.315 e. The van der Waals surface area contributed by atoms with Crippen molar-refractivity contribution in [3.8, 4) is 11.5 Å². The molecule has 120 valence electrons. The van der Waals surface area contributed by atoms with Crippen LogP contribution in [0.15, 0.2) is 47.7 Å². The molecule has 0 spiro atoms. The predicted octanol–water partition coefficient (Wildman–Crippen LogP) is 3.00. The summed E-state index contributed by atoms with van der Waals surface area (Å²) in [6, 6.07) is 7.91. The molecule has 0 saturated heterocycles. The number of hydrogen-bond donors (Lipinski definition) is 1. The van der Waals surface area contributed by atoms with Gasteiger partial charge in [0.05, 0.1) is 28.8 Å². The monoisotopic (exact) mass is 324 g/mol. The minimum absolute atomic E-state index is 0.182. The van der Waals surface area contributed by atoms with E-state index in [1.165, 1.54) is 25.5 Å². The van der Waals surface area contributed by atoms with Crippen molar-refractivity contribution in [2.24, 2.45) is 4.99 Å². The highest BCUT2D eigenvalue weighted by atomic mass is 16.6. The van der Waals surface area contributed by atoms with Gasteiger partial charge in [-0.1, -0.05) is 0 Å². The second-order valence-corrected chi connectivity index (χ2v) is 4.84. The number of nitrogens with zero attached hydrogens (tertiary/aromatic N) is 4. The number of nitro groups is 1. The van der Waals surface area contributed by atoms with Crippen LogP contribution in [0.4, 0.5) is 11.4 Å². The van der Waals surface area contributed by atoms with Crippen molar-refractivity contribution in [3.05, 3.63) is 58.4 Å². The van der Waals surface area contributed by atoms with Crippen LogP contribution in [-0.4, -0.2) is 33.3 Å². The van der Waals surface area contributed by atoms with Gasteiger partial charge in [-0.15, -0.1) is 0 Å². The number of fused-ring (bicyclic) bond motifs is 1. The summed E-state index contributed by atoms with van der Waals surface area (Å²) in [5.74, 6) is -0.504. The number of phenolic OH excluding ortho intramolecular Hbond substituents is 1. The quantitative estimate of drug-likeness (QED) is 0.448. The molecule has 3 rings (SSSR count). The van der Waals surface area contributed by atoms with E-state index in [0.717, 1.165) is 5.52 Å². The van der Waals surface area contributed by atoms with Gasteiger partial charge in [-0.25, -0.2) is 0 Å². The summed E-state index contributed by atoms with van der Waals surface area (Å²) in [5.41, 5.74) is 2.09. The van der Waals surface area contributed by atoms with Gasteiger partial charge < -0.3 is 9.84 Å². The van der Waals surface area contributed by atoms with Gasteiger partial charge in [-0.2, -0.15) is 0 Å². The van der Waals surface area contributed by atoms with Crippen molar-refractivity contribution in [3.63, 3.8) is 0 Å². The summed E-state index contributed by atoms with van der Waals surface area (Å²) >= 11 is 0. The van der Waals surface area contributed by atoms with Crippen molar-refractivity contribution in [2.45, 2.75) is 0 Å². The minimum Gasteiger partial charge on any atom is -0.504 e. The molecule has 0 atom stereocenters. The summed E-state index contributed by atoms with van der Waals surface area (Å²) in [5, 5.41) is 20.9. The first-order chi connectivity index (χ1) is 11.6. The molecule has 0 aliphatic carbocycles. The van der Waals surface area contributed by atoms with E-state index >= 15 is 0 Å². The van der Waals surface area contributed by atoms with Crippen molar-refractivity contribution >= 4 is 28.6 Å². The maximum Gasteiger partial charge on any atom is 0.315 e. The van der Waals surface area contributed by atoms with Gasteiger partial charge in [-0.05, 0) is 24.3 Å². The Labute approximate surface area is 136 Å². The maximum absolute atomic E-state index is 11.1. The normalized spacial score (nSPS) is 11.0. The van der Waals surface area contributed by atoms with Crippen molar-refractivity contribution < 1.29 is 14.8 Å². The first kappa shape index (κ1) is 15.3. The number of aliphatic imine (C=N–C) groups is 1. The number of rotatable bonds is 4. The molecule has 3 aromatic rings. The van der Waals surface area contributed by atoms with Gasteiger partial charge in [0.25, 0.3) is 0 Å². The average Bonchev–Trinajstić information content (AvgIpc) is 2.59. The maximum atomic E-state index is 11.1. The molecule has 24 heavy (non-hydrogen) atoms. The summed E-state index contributed by atoms with van der Waals surface area (Å²) < 4.78 is 4.85. The van der Waals surface area contributed by atoms with Gasteiger partial charge in [0.2, 0.25) is 5.75 Å². The fourth-order valence-electron chi connectivity index (χ4n) is 2.22. The molecule has 8 nitrogen and oxygen atoms in total. The highest BCUT2D eigenvalue weighted by Crippen LogP contribution is 2.36. The van der Waals surface area contributed by atoms with Crippen LogP contribution in [0.5, 0.6) is 11.5 Å². The van der Waals surface area contributed by atoms with Crippen LogP contribution in [0.25, 0.3) is 11.0 Å². The Hall–Kier alpha value is -3.55. The predicted molar refractivity (Wildman–Crippen MR) is 88.1 cm³/mol. The van der Waals surface area contributed by atoms with E-state index in [1.54, 1.807) is 30.6 Å². The van der Waals surface area contributed by atoms with Gasteiger partial charge in [-0.3, -0.25) is 25.1 Å². The SMILES string of the molecule is COc1c(O)cc(C=Nc2ccc3nccnc3c2)cc1[N+](=O)[O-]. The molecule has 0 radical (unpaired) electrons. The third-order valence-corrected chi connectivity index (χ3v) is 3.29. The molecular formula is C16H12N4O4. The second-order valence-electron chi connectivity index (χ2n) is 4.84. The summed E-state index contributed by atoms with van der Waals surface area (Å²) in [6.45, 7) is 0. The summed E-state index contributed by atoms with van der Waals surface area (Å²) in [6.07, 6.45) is 4.61. The zero-order valence-electron chi connectivity index (χ0n) is 12.6. The fourth-order valence-corrected chi connectivity index (χ4v) is 2.22. The number of aromatic hydroxyl groups is 1. The molecule has 0 saturated carbocycles. The van der Waals surface area contributed by atoms with Gasteiger partial charge in [0.15, 0.2) is 5.75 Å². The van der Waals surface area contributed by atoms with Gasteiger partial charge >= 0.3 is 5.69 Å². The van der Waals surface area contributed by atoms with Crippen LogP contribution in [0.2, 0.25) is 0 Å². The molecule has 1 N–H and O–H groups in total. The number of aromatic nitrogens is 2. The zero-order valence-corrected chi connectivity index (χ0v) is 12.6. The van der Waals surface area contributed by atoms with Crippen LogP contribution >= 0.6 is 0 Å². The Balaban J connectivity index is 1.97. The Morgan fingerprint density at radius 2 is 1.96 bits per heavy atom. The second kappa shape index (κ2) is 6.29. The lowest BCUT2D eigenvalue weighted by Crippen LogP contribution is -1.96. The first-order valence-corrected chi connectivity index (χ1v) is 6.88. The molecular weight excluding hydrogens is 312 g/mol. The Bertz CT molecular complexity index is 956. The average molecular weight is 324 g/mol. The van der Waals surface area contributed by atoms with Crippen LogP contribution < -0.4 is 4.74 Å². The number of benzene rings is 2. The zero-order chi connectivity index (χ0) is 17.1. The molecule has 0 fully saturated rings. The Morgan fingerprint density at radius 1 is 1.21 bits per heavy atom. The highest BCUT2D eigenvalue weighted by molar-refractivity contribution is 5.86. The minimum atomic E-state index is -0.624. The van der Waals surface area contributed by atoms with E-state index in [9.17, 15) is 15.2 Å². The molecule has 0 aliphatic heterocycles. The third kappa shape index (κ3) is 2.98. The van der Waals surface area contributed by atoms with Crippen LogP contribution in [0.1, 0.15) is 5.56 Å². The van der Waals surface area contributed by atoms with E-state index in [4.69, 9.17) is 4.74 Å². The van der Waals surface area contributed by atoms with E-state index < -0.39 is 4.92 Å². The molecule has 0 bridgehead atoms. The van der Waals surface area contributed by atoms with Crippen molar-refractivity contribution in [1.82, 2.24) is 9.97 Å². The Kier molecular flexibility index (Phi) is 4.02. The standard InChI is InChI=1S/C16H12N4O4/c1-24-16-14(20(22)23)6-10(7-15(16)21)9-19-11-2-3-12-13(8-11)18-5-4-17-12/h2-9,21H,1H3.